The minimum absolute atomic E-state index is 0.318. The maximum atomic E-state index is 9.60. The van der Waals surface area contributed by atoms with Crippen LogP contribution in [0.2, 0.25) is 0 Å². The van der Waals surface area contributed by atoms with Gasteiger partial charge in [0.25, 0.3) is 6.47 Å². The molecule has 0 aromatic heterocycles. The monoisotopic (exact) mass is 226 g/mol. The van der Waals surface area contributed by atoms with Gasteiger partial charge in [-0.05, 0) is 52.6 Å². The zero-order valence-corrected chi connectivity index (χ0v) is 10.5. The summed E-state index contributed by atoms with van der Waals surface area (Å²) in [5.41, 5.74) is -0.318. The first-order valence-electron chi connectivity index (χ1n) is 5.68. The van der Waals surface area contributed by atoms with Gasteiger partial charge in [0.15, 0.2) is 0 Å². The van der Waals surface area contributed by atoms with Crippen LogP contribution in [0, 0.1) is 17.2 Å². The lowest BCUT2D eigenvalue weighted by molar-refractivity contribution is -0.138. The fourth-order valence-electron chi connectivity index (χ4n) is 1.36. The molecule has 1 fully saturated rings. The minimum atomic E-state index is -0.318. The third-order valence-electron chi connectivity index (χ3n) is 2.24. The third kappa shape index (κ3) is 9.47. The predicted molar refractivity (Wildman–Crippen MR) is 62.7 cm³/mol. The third-order valence-corrected chi connectivity index (χ3v) is 2.24. The zero-order valence-electron chi connectivity index (χ0n) is 10.5. The van der Waals surface area contributed by atoms with Crippen LogP contribution in [0.15, 0.2) is 0 Å². The first-order chi connectivity index (χ1) is 7.49. The van der Waals surface area contributed by atoms with Crippen LogP contribution in [0.3, 0.4) is 0 Å². The van der Waals surface area contributed by atoms with Crippen LogP contribution < -0.4 is 5.32 Å². The van der Waals surface area contributed by atoms with Gasteiger partial charge in [-0.25, -0.2) is 0 Å². The van der Waals surface area contributed by atoms with Crippen molar-refractivity contribution in [2.45, 2.75) is 45.6 Å². The highest BCUT2D eigenvalue weighted by Gasteiger charge is 2.11. The molecule has 1 N–H and O–H groups in total. The molecule has 0 bridgehead atoms. The Kier molecular flexibility index (Phi) is 7.57. The SMILES string of the molecule is CC(C)(C)OC=O.N#CCC1CCNCC1. The topological polar surface area (TPSA) is 62.1 Å². The number of hydrogen-bond acceptors (Lipinski definition) is 4. The quantitative estimate of drug-likeness (QED) is 0.730. The molecular formula is C12H22N2O2. The summed E-state index contributed by atoms with van der Waals surface area (Å²) in [4.78, 5) is 9.60. The fourth-order valence-corrected chi connectivity index (χ4v) is 1.36. The maximum Gasteiger partial charge on any atom is 0.293 e. The first kappa shape index (κ1) is 14.9. The Hall–Kier alpha value is -1.08. The molecule has 0 aliphatic carbocycles. The second-order valence-electron chi connectivity index (χ2n) is 4.88. The lowest BCUT2D eigenvalue weighted by atomic mass is 9.96. The van der Waals surface area contributed by atoms with Gasteiger partial charge >= 0.3 is 0 Å². The van der Waals surface area contributed by atoms with Crippen molar-refractivity contribution in [1.82, 2.24) is 5.32 Å². The molecule has 0 unspecified atom stereocenters. The molecule has 0 amide bonds. The van der Waals surface area contributed by atoms with Gasteiger partial charge < -0.3 is 10.1 Å². The molecule has 0 saturated carbocycles. The molecule has 1 aliphatic rings. The molecule has 1 aliphatic heterocycles. The maximum absolute atomic E-state index is 9.60. The van der Waals surface area contributed by atoms with Crippen LogP contribution in [0.5, 0.6) is 0 Å². The number of carbonyl (C=O) groups excluding carboxylic acids is 1. The highest BCUT2D eigenvalue weighted by Crippen LogP contribution is 2.14. The lowest BCUT2D eigenvalue weighted by Crippen LogP contribution is -2.27. The summed E-state index contributed by atoms with van der Waals surface area (Å²) in [6.45, 7) is 8.13. The van der Waals surface area contributed by atoms with E-state index in [-0.39, 0.29) is 5.60 Å². The van der Waals surface area contributed by atoms with Crippen LogP contribution >= 0.6 is 0 Å². The van der Waals surface area contributed by atoms with Crippen LogP contribution in [-0.4, -0.2) is 25.2 Å². The van der Waals surface area contributed by atoms with E-state index in [4.69, 9.17) is 5.26 Å². The van der Waals surface area contributed by atoms with Crippen molar-refractivity contribution in [2.24, 2.45) is 5.92 Å². The highest BCUT2D eigenvalue weighted by molar-refractivity contribution is 5.37. The van der Waals surface area contributed by atoms with E-state index in [1.807, 2.05) is 20.8 Å². The van der Waals surface area contributed by atoms with Gasteiger partial charge in [-0.3, -0.25) is 4.79 Å². The van der Waals surface area contributed by atoms with E-state index in [0.29, 0.717) is 12.4 Å². The Morgan fingerprint density at radius 1 is 1.44 bits per heavy atom. The van der Waals surface area contributed by atoms with Gasteiger partial charge in [-0.1, -0.05) is 0 Å². The Balaban J connectivity index is 0.000000293. The zero-order chi connectivity index (χ0) is 12.4. The average molecular weight is 226 g/mol. The second-order valence-corrected chi connectivity index (χ2v) is 4.88. The molecular weight excluding hydrogens is 204 g/mol. The van der Waals surface area contributed by atoms with E-state index >= 15 is 0 Å². The van der Waals surface area contributed by atoms with Gasteiger partial charge in [-0.15, -0.1) is 0 Å². The van der Waals surface area contributed by atoms with Gasteiger partial charge in [0, 0.05) is 6.42 Å². The van der Waals surface area contributed by atoms with Gasteiger partial charge in [-0.2, -0.15) is 5.26 Å². The summed E-state index contributed by atoms with van der Waals surface area (Å²) in [5.74, 6) is 0.677. The van der Waals surface area contributed by atoms with Crippen molar-refractivity contribution < 1.29 is 9.53 Å². The molecule has 4 nitrogen and oxygen atoms in total. The molecule has 0 radical (unpaired) electrons. The van der Waals surface area contributed by atoms with Crippen molar-refractivity contribution in [1.29, 1.82) is 5.26 Å². The molecule has 92 valence electrons. The summed E-state index contributed by atoms with van der Waals surface area (Å²) in [6, 6.07) is 2.21. The van der Waals surface area contributed by atoms with Gasteiger partial charge in [0.2, 0.25) is 0 Å². The second kappa shape index (κ2) is 8.12. The van der Waals surface area contributed by atoms with E-state index in [0.717, 1.165) is 19.5 Å². The minimum Gasteiger partial charge on any atom is -0.462 e. The summed E-state index contributed by atoms with van der Waals surface area (Å²) in [6.07, 6.45) is 3.13. The van der Waals surface area contributed by atoms with Gasteiger partial charge in [0.1, 0.15) is 5.60 Å². The number of rotatable bonds is 2. The van der Waals surface area contributed by atoms with Crippen LogP contribution in [-0.2, 0) is 9.53 Å². The van der Waals surface area contributed by atoms with Crippen LogP contribution in [0.25, 0.3) is 0 Å². The normalized spacial score (nSPS) is 16.6. The van der Waals surface area contributed by atoms with Crippen molar-refractivity contribution in [2.75, 3.05) is 13.1 Å². The number of hydrogen-bond donors (Lipinski definition) is 1. The Labute approximate surface area is 98.0 Å². The summed E-state index contributed by atoms with van der Waals surface area (Å²) in [5, 5.41) is 11.6. The highest BCUT2D eigenvalue weighted by atomic mass is 16.5. The number of nitrogens with one attached hydrogen (secondary N) is 1. The molecule has 0 aromatic rings. The number of ether oxygens (including phenoxy) is 1. The smallest absolute Gasteiger partial charge is 0.293 e. The predicted octanol–water partition coefficient (Wildman–Crippen LogP) is 1.86. The van der Waals surface area contributed by atoms with Crippen molar-refractivity contribution >= 4 is 6.47 Å². The van der Waals surface area contributed by atoms with Crippen LogP contribution in [0.4, 0.5) is 0 Å². The van der Waals surface area contributed by atoms with Gasteiger partial charge in [0.05, 0.1) is 6.07 Å². The number of nitriles is 1. The summed E-state index contributed by atoms with van der Waals surface area (Å²) in [7, 11) is 0. The molecule has 0 aromatic carbocycles. The molecule has 1 saturated heterocycles. The van der Waals surface area contributed by atoms with Crippen molar-refractivity contribution in [3.05, 3.63) is 0 Å². The lowest BCUT2D eigenvalue weighted by Gasteiger charge is -2.19. The largest absolute Gasteiger partial charge is 0.462 e. The number of carbonyl (C=O) groups is 1. The van der Waals surface area contributed by atoms with E-state index in [1.54, 1.807) is 0 Å². The first-order valence-corrected chi connectivity index (χ1v) is 5.68. The summed E-state index contributed by atoms with van der Waals surface area (Å²) >= 11 is 0. The van der Waals surface area contributed by atoms with Crippen LogP contribution in [0.1, 0.15) is 40.0 Å². The van der Waals surface area contributed by atoms with Crippen molar-refractivity contribution in [3.63, 3.8) is 0 Å². The Morgan fingerprint density at radius 2 is 2.00 bits per heavy atom. The Morgan fingerprint density at radius 3 is 2.31 bits per heavy atom. The molecule has 1 heterocycles. The average Bonchev–Trinajstić information content (AvgIpc) is 2.19. The molecule has 16 heavy (non-hydrogen) atoms. The Bertz CT molecular complexity index is 222. The van der Waals surface area contributed by atoms with E-state index < -0.39 is 0 Å². The standard InChI is InChI=1S/C7H12N2.C5H10O2/c8-4-1-7-2-5-9-6-3-7;1-5(2,3)7-4-6/h7,9H,1-3,5-6H2;4H,1-3H3. The fraction of sp³-hybridized carbons (Fsp3) is 0.833. The molecule has 0 spiro atoms. The number of nitrogens with zero attached hydrogens (tertiary/aromatic N) is 1. The number of piperidine rings is 1. The van der Waals surface area contributed by atoms with E-state index in [1.165, 1.54) is 12.8 Å². The van der Waals surface area contributed by atoms with Crippen molar-refractivity contribution in [3.8, 4) is 6.07 Å². The molecule has 0 atom stereocenters. The van der Waals surface area contributed by atoms with E-state index in [2.05, 4.69) is 16.1 Å². The molecule has 1 rings (SSSR count). The summed E-state index contributed by atoms with van der Waals surface area (Å²) < 4.78 is 4.55. The molecule has 4 heteroatoms. The van der Waals surface area contributed by atoms with E-state index in [9.17, 15) is 4.79 Å².